The van der Waals surface area contributed by atoms with Crippen LogP contribution >= 0.6 is 15.9 Å². The van der Waals surface area contributed by atoms with Gasteiger partial charge in [0.25, 0.3) is 0 Å². The van der Waals surface area contributed by atoms with Gasteiger partial charge >= 0.3 is 12.1 Å². The zero-order valence-corrected chi connectivity index (χ0v) is 20.6. The van der Waals surface area contributed by atoms with Crippen LogP contribution in [0.15, 0.2) is 77.3 Å². The first-order valence-electron chi connectivity index (χ1n) is 11.2. The van der Waals surface area contributed by atoms with E-state index in [-0.39, 0.29) is 18.9 Å². The normalized spacial score (nSPS) is 13.8. The number of benzene rings is 3. The molecule has 35 heavy (non-hydrogen) atoms. The first-order valence-corrected chi connectivity index (χ1v) is 12.0. The van der Waals surface area contributed by atoms with E-state index in [9.17, 15) is 14.4 Å². The zero-order valence-electron chi connectivity index (χ0n) is 19.0. The molecule has 7 nitrogen and oxygen atoms in total. The third-order valence-electron chi connectivity index (χ3n) is 6.03. The van der Waals surface area contributed by atoms with Gasteiger partial charge < -0.3 is 20.5 Å². The van der Waals surface area contributed by atoms with Crippen molar-refractivity contribution >= 4 is 33.9 Å². The second kappa shape index (κ2) is 10.7. The minimum atomic E-state index is -1.16. The molecule has 0 aliphatic heterocycles. The molecule has 3 aromatic rings. The molecule has 3 aromatic carbocycles. The van der Waals surface area contributed by atoms with E-state index in [1.165, 1.54) is 6.92 Å². The average Bonchev–Trinajstić information content (AvgIpc) is 3.17. The van der Waals surface area contributed by atoms with Crippen LogP contribution in [0.5, 0.6) is 0 Å². The Labute approximate surface area is 211 Å². The van der Waals surface area contributed by atoms with Gasteiger partial charge in [-0.1, -0.05) is 76.6 Å². The topological polar surface area (TPSA) is 105 Å². The maximum Gasteiger partial charge on any atom is 0.407 e. The van der Waals surface area contributed by atoms with Gasteiger partial charge in [0.05, 0.1) is 0 Å². The number of carboxylic acids is 1. The maximum absolute atomic E-state index is 12.8. The van der Waals surface area contributed by atoms with Gasteiger partial charge in [-0.25, -0.2) is 4.79 Å². The molecule has 2 atom stereocenters. The Hall–Kier alpha value is -3.65. The summed E-state index contributed by atoms with van der Waals surface area (Å²) in [5.41, 5.74) is 5.21. The van der Waals surface area contributed by atoms with Crippen molar-refractivity contribution in [2.45, 2.75) is 31.3 Å². The van der Waals surface area contributed by atoms with Crippen molar-refractivity contribution in [2.24, 2.45) is 0 Å². The molecular weight excluding hydrogens is 512 g/mol. The Balaban J connectivity index is 1.46. The van der Waals surface area contributed by atoms with E-state index in [0.717, 1.165) is 32.3 Å². The van der Waals surface area contributed by atoms with Crippen LogP contribution in [0, 0.1) is 0 Å². The number of nitrogens with one attached hydrogen (secondary N) is 2. The number of amides is 2. The minimum absolute atomic E-state index is 0.109. The summed E-state index contributed by atoms with van der Waals surface area (Å²) in [6.07, 6.45) is -0.567. The number of hydrogen-bond donors (Lipinski definition) is 3. The molecule has 0 bridgehead atoms. The summed E-state index contributed by atoms with van der Waals surface area (Å²) < 4.78 is 6.46. The molecule has 0 heterocycles. The summed E-state index contributed by atoms with van der Waals surface area (Å²) in [4.78, 5) is 36.8. The molecule has 0 saturated carbocycles. The van der Waals surface area contributed by atoms with Crippen LogP contribution in [-0.2, 0) is 20.7 Å². The molecule has 0 saturated heterocycles. The van der Waals surface area contributed by atoms with Crippen molar-refractivity contribution in [3.8, 4) is 11.1 Å². The number of rotatable bonds is 8. The number of halogens is 1. The smallest absolute Gasteiger partial charge is 0.407 e. The molecule has 1 aliphatic rings. The number of ether oxygens (including phenoxy) is 1. The Kier molecular flexibility index (Phi) is 7.51. The van der Waals surface area contributed by atoms with Crippen molar-refractivity contribution in [3.63, 3.8) is 0 Å². The molecule has 2 amide bonds. The summed E-state index contributed by atoms with van der Waals surface area (Å²) in [5, 5.41) is 14.2. The van der Waals surface area contributed by atoms with Gasteiger partial charge in [-0.2, -0.15) is 0 Å². The van der Waals surface area contributed by atoms with E-state index in [1.807, 2.05) is 60.7 Å². The van der Waals surface area contributed by atoms with E-state index in [4.69, 9.17) is 9.84 Å². The summed E-state index contributed by atoms with van der Waals surface area (Å²) >= 11 is 3.37. The average molecular weight is 537 g/mol. The van der Waals surface area contributed by atoms with Gasteiger partial charge in [0.15, 0.2) is 0 Å². The Morgan fingerprint density at radius 3 is 2.06 bits per heavy atom. The molecule has 0 aromatic heterocycles. The van der Waals surface area contributed by atoms with Gasteiger partial charge in [-0.05, 0) is 46.9 Å². The summed E-state index contributed by atoms with van der Waals surface area (Å²) in [6.45, 7) is 1.47. The highest BCUT2D eigenvalue weighted by Crippen LogP contribution is 2.44. The largest absolute Gasteiger partial charge is 0.480 e. The Morgan fingerprint density at radius 1 is 0.914 bits per heavy atom. The minimum Gasteiger partial charge on any atom is -0.480 e. The van der Waals surface area contributed by atoms with Crippen molar-refractivity contribution in [3.05, 3.63) is 94.0 Å². The molecule has 4 rings (SSSR count). The molecule has 8 heteroatoms. The van der Waals surface area contributed by atoms with E-state index < -0.39 is 30.1 Å². The summed E-state index contributed by atoms with van der Waals surface area (Å²) in [5.74, 6) is -1.88. The summed E-state index contributed by atoms with van der Waals surface area (Å²) in [6, 6.07) is 21.2. The quantitative estimate of drug-likeness (QED) is 0.393. The number of carboxylic acid groups (broad SMARTS) is 1. The lowest BCUT2D eigenvalue weighted by atomic mass is 9.98. The first-order chi connectivity index (χ1) is 16.8. The number of aliphatic carboxylic acids is 1. The molecule has 1 aliphatic carbocycles. The Bertz CT molecular complexity index is 1200. The van der Waals surface area contributed by atoms with Crippen LogP contribution in [0.3, 0.4) is 0 Å². The highest BCUT2D eigenvalue weighted by molar-refractivity contribution is 9.10. The fourth-order valence-corrected chi connectivity index (χ4v) is 4.49. The predicted molar refractivity (Wildman–Crippen MR) is 135 cm³/mol. The third-order valence-corrected chi connectivity index (χ3v) is 6.56. The fourth-order valence-electron chi connectivity index (χ4n) is 4.22. The molecule has 0 unspecified atom stereocenters. The third kappa shape index (κ3) is 5.71. The number of carbonyl (C=O) groups is 3. The molecule has 0 radical (unpaired) electrons. The molecular formula is C27H25BrN2O5. The van der Waals surface area contributed by atoms with Gasteiger partial charge in [0.2, 0.25) is 5.91 Å². The number of alkyl carbamates (subject to hydrolysis) is 1. The van der Waals surface area contributed by atoms with Gasteiger partial charge in [0, 0.05) is 16.8 Å². The van der Waals surface area contributed by atoms with E-state index in [0.29, 0.717) is 0 Å². The predicted octanol–water partition coefficient (Wildman–Crippen LogP) is 4.49. The number of hydrogen-bond acceptors (Lipinski definition) is 4. The number of carbonyl (C=O) groups excluding carboxylic acids is 2. The summed E-state index contributed by atoms with van der Waals surface area (Å²) in [7, 11) is 0. The lowest BCUT2D eigenvalue weighted by molar-refractivity contribution is -0.141. The van der Waals surface area contributed by atoms with Gasteiger partial charge in [0.1, 0.15) is 18.7 Å². The van der Waals surface area contributed by atoms with Crippen molar-refractivity contribution < 1.29 is 24.2 Å². The lowest BCUT2D eigenvalue weighted by Gasteiger charge is -2.21. The SMILES string of the molecule is C[C@H](NC(=O)[C@@H](Cc1ccc(Br)cc1)NC(=O)OCC1c2ccccc2-c2ccccc21)C(=O)O. The zero-order chi connectivity index (χ0) is 24.9. The Morgan fingerprint density at radius 2 is 1.49 bits per heavy atom. The highest BCUT2D eigenvalue weighted by atomic mass is 79.9. The highest BCUT2D eigenvalue weighted by Gasteiger charge is 2.30. The number of fused-ring (bicyclic) bond motifs is 3. The fraction of sp³-hybridized carbons (Fsp3) is 0.222. The van der Waals surface area contributed by atoms with Gasteiger partial charge in [-0.3, -0.25) is 9.59 Å². The van der Waals surface area contributed by atoms with E-state index >= 15 is 0 Å². The molecule has 3 N–H and O–H groups in total. The van der Waals surface area contributed by atoms with Crippen LogP contribution in [-0.4, -0.2) is 41.8 Å². The molecule has 0 spiro atoms. The maximum atomic E-state index is 12.8. The second-order valence-electron chi connectivity index (χ2n) is 8.42. The van der Waals surface area contributed by atoms with Gasteiger partial charge in [-0.15, -0.1) is 0 Å². The molecule has 180 valence electrons. The second-order valence-corrected chi connectivity index (χ2v) is 9.34. The monoisotopic (exact) mass is 536 g/mol. The van der Waals surface area contributed by atoms with E-state index in [1.54, 1.807) is 0 Å². The van der Waals surface area contributed by atoms with Crippen LogP contribution in [0.2, 0.25) is 0 Å². The standard InChI is InChI=1S/C27H25BrN2O5/c1-16(26(32)33)29-25(31)24(14-17-10-12-18(28)13-11-17)30-27(34)35-15-23-21-8-4-2-6-19(21)20-7-3-5-9-22(20)23/h2-13,16,23-24H,14-15H2,1H3,(H,29,31)(H,30,34)(H,32,33)/t16-,24+/m0/s1. The van der Waals surface area contributed by atoms with Crippen molar-refractivity contribution in [1.29, 1.82) is 0 Å². The van der Waals surface area contributed by atoms with E-state index in [2.05, 4.69) is 38.7 Å². The lowest BCUT2D eigenvalue weighted by Crippen LogP contribution is -2.51. The van der Waals surface area contributed by atoms with Crippen LogP contribution in [0.25, 0.3) is 11.1 Å². The van der Waals surface area contributed by atoms with Crippen LogP contribution in [0.1, 0.15) is 29.5 Å². The first kappa shape index (κ1) is 24.5. The van der Waals surface area contributed by atoms with Crippen molar-refractivity contribution in [2.75, 3.05) is 6.61 Å². The van der Waals surface area contributed by atoms with Crippen LogP contribution < -0.4 is 10.6 Å². The molecule has 0 fully saturated rings. The van der Waals surface area contributed by atoms with Crippen molar-refractivity contribution in [1.82, 2.24) is 10.6 Å². The van der Waals surface area contributed by atoms with Crippen LogP contribution in [0.4, 0.5) is 4.79 Å².